The number of carbonyl (C=O) groups excluding carboxylic acids is 1. The molecule has 0 bridgehead atoms. The van der Waals surface area contributed by atoms with Crippen LogP contribution in [0.1, 0.15) is 33.9 Å². The van der Waals surface area contributed by atoms with Crippen LogP contribution in [-0.4, -0.2) is 47.0 Å². The first-order chi connectivity index (χ1) is 11.7. The first-order valence-electron chi connectivity index (χ1n) is 8.28. The molecule has 2 aliphatic rings. The van der Waals surface area contributed by atoms with Gasteiger partial charge in [-0.1, -0.05) is 24.3 Å². The van der Waals surface area contributed by atoms with Gasteiger partial charge in [-0.3, -0.25) is 9.69 Å². The molecule has 1 atom stereocenters. The molecular weight excluding hydrogens is 306 g/mol. The Kier molecular flexibility index (Phi) is 4.08. The van der Waals surface area contributed by atoms with Crippen molar-refractivity contribution in [3.8, 4) is 0 Å². The smallest absolute Gasteiger partial charge is 0.276 e. The van der Waals surface area contributed by atoms with Crippen LogP contribution in [0.4, 0.5) is 0 Å². The molecule has 1 aromatic carbocycles. The number of rotatable bonds is 4. The van der Waals surface area contributed by atoms with E-state index in [9.17, 15) is 4.79 Å². The fourth-order valence-corrected chi connectivity index (χ4v) is 3.44. The minimum Gasteiger partial charge on any atom is -0.447 e. The predicted octanol–water partition coefficient (Wildman–Crippen LogP) is 2.05. The minimum atomic E-state index is -0.0719. The number of amides is 1. The Morgan fingerprint density at radius 2 is 2.08 bits per heavy atom. The summed E-state index contributed by atoms with van der Waals surface area (Å²) in [4.78, 5) is 21.1. The van der Waals surface area contributed by atoms with E-state index < -0.39 is 0 Å². The first-order valence-corrected chi connectivity index (χ1v) is 8.28. The SMILES string of the molecule is CO[C@H]1CCN(Cc2nc(C(=O)N3Cc4ccccc4C3)co2)C1. The fourth-order valence-electron chi connectivity index (χ4n) is 3.44. The second-order valence-electron chi connectivity index (χ2n) is 6.44. The topological polar surface area (TPSA) is 58.8 Å². The summed E-state index contributed by atoms with van der Waals surface area (Å²) >= 11 is 0. The molecule has 126 valence electrons. The van der Waals surface area contributed by atoms with Crippen LogP contribution in [0.15, 0.2) is 34.9 Å². The normalized spacial score (nSPS) is 20.5. The van der Waals surface area contributed by atoms with Gasteiger partial charge in [0, 0.05) is 33.3 Å². The zero-order chi connectivity index (χ0) is 16.5. The number of ether oxygens (including phenoxy) is 1. The molecule has 6 nitrogen and oxygen atoms in total. The van der Waals surface area contributed by atoms with Crippen molar-refractivity contribution >= 4 is 5.91 Å². The van der Waals surface area contributed by atoms with Crippen molar-refractivity contribution in [2.45, 2.75) is 32.2 Å². The number of methoxy groups -OCH3 is 1. The van der Waals surface area contributed by atoms with Crippen molar-refractivity contribution < 1.29 is 13.9 Å². The van der Waals surface area contributed by atoms with E-state index in [1.807, 2.05) is 17.0 Å². The van der Waals surface area contributed by atoms with Crippen molar-refractivity contribution in [2.75, 3.05) is 20.2 Å². The Bertz CT molecular complexity index is 718. The molecule has 2 aromatic rings. The standard InChI is InChI=1S/C18H21N3O3/c1-23-15-6-7-20(10-15)11-17-19-16(12-24-17)18(22)21-8-13-4-2-3-5-14(13)9-21/h2-5,12,15H,6-11H2,1H3/t15-/m0/s1. The number of oxazole rings is 1. The van der Waals surface area contributed by atoms with Gasteiger partial charge in [-0.2, -0.15) is 0 Å². The van der Waals surface area contributed by atoms with E-state index in [1.54, 1.807) is 7.11 Å². The van der Waals surface area contributed by atoms with Crippen LogP contribution in [0.5, 0.6) is 0 Å². The molecule has 24 heavy (non-hydrogen) atoms. The number of hydrogen-bond donors (Lipinski definition) is 0. The van der Waals surface area contributed by atoms with Crippen molar-refractivity contribution in [3.63, 3.8) is 0 Å². The van der Waals surface area contributed by atoms with E-state index in [2.05, 4.69) is 22.0 Å². The lowest BCUT2D eigenvalue weighted by atomic mass is 10.1. The Morgan fingerprint density at radius 3 is 2.75 bits per heavy atom. The Labute approximate surface area is 141 Å². The summed E-state index contributed by atoms with van der Waals surface area (Å²) in [7, 11) is 1.74. The summed E-state index contributed by atoms with van der Waals surface area (Å²) in [6, 6.07) is 8.14. The molecule has 0 N–H and O–H groups in total. The molecule has 0 unspecified atom stereocenters. The van der Waals surface area contributed by atoms with Crippen LogP contribution in [-0.2, 0) is 24.4 Å². The molecular formula is C18H21N3O3. The van der Waals surface area contributed by atoms with Gasteiger partial charge in [-0.05, 0) is 17.5 Å². The Balaban J connectivity index is 1.39. The molecule has 1 aromatic heterocycles. The molecule has 4 rings (SSSR count). The summed E-state index contributed by atoms with van der Waals surface area (Å²) < 4.78 is 10.9. The van der Waals surface area contributed by atoms with E-state index in [4.69, 9.17) is 9.15 Å². The maximum absolute atomic E-state index is 12.6. The average molecular weight is 327 g/mol. The number of fused-ring (bicyclic) bond motifs is 1. The van der Waals surface area contributed by atoms with Gasteiger partial charge in [-0.15, -0.1) is 0 Å². The first kappa shape index (κ1) is 15.4. The third kappa shape index (κ3) is 2.95. The lowest BCUT2D eigenvalue weighted by Crippen LogP contribution is -2.26. The molecule has 1 saturated heterocycles. The number of nitrogens with zero attached hydrogens (tertiary/aromatic N) is 3. The highest BCUT2D eigenvalue weighted by Crippen LogP contribution is 2.24. The molecule has 0 radical (unpaired) electrons. The van der Waals surface area contributed by atoms with Gasteiger partial charge in [-0.25, -0.2) is 4.98 Å². The second kappa shape index (κ2) is 6.37. The zero-order valence-electron chi connectivity index (χ0n) is 13.8. The van der Waals surface area contributed by atoms with Crippen molar-refractivity contribution in [2.24, 2.45) is 0 Å². The predicted molar refractivity (Wildman–Crippen MR) is 87.2 cm³/mol. The molecule has 2 aliphatic heterocycles. The van der Waals surface area contributed by atoms with E-state index in [-0.39, 0.29) is 12.0 Å². The van der Waals surface area contributed by atoms with Gasteiger partial charge < -0.3 is 14.1 Å². The van der Waals surface area contributed by atoms with Gasteiger partial charge in [0.2, 0.25) is 5.89 Å². The lowest BCUT2D eigenvalue weighted by molar-refractivity contribution is 0.0745. The largest absolute Gasteiger partial charge is 0.447 e. The maximum atomic E-state index is 12.6. The van der Waals surface area contributed by atoms with Crippen LogP contribution >= 0.6 is 0 Å². The van der Waals surface area contributed by atoms with E-state index in [0.29, 0.717) is 31.2 Å². The number of likely N-dealkylation sites (tertiary alicyclic amines) is 1. The average Bonchev–Trinajstić information content (AvgIpc) is 3.33. The van der Waals surface area contributed by atoms with Crippen molar-refractivity contribution in [1.82, 2.24) is 14.8 Å². The van der Waals surface area contributed by atoms with E-state index in [1.165, 1.54) is 17.4 Å². The van der Waals surface area contributed by atoms with Gasteiger partial charge in [0.1, 0.15) is 6.26 Å². The van der Waals surface area contributed by atoms with Crippen LogP contribution < -0.4 is 0 Å². The number of benzene rings is 1. The molecule has 6 heteroatoms. The highest BCUT2D eigenvalue weighted by molar-refractivity contribution is 5.92. The van der Waals surface area contributed by atoms with E-state index in [0.717, 1.165) is 19.5 Å². The zero-order valence-corrected chi connectivity index (χ0v) is 13.8. The minimum absolute atomic E-state index is 0.0719. The maximum Gasteiger partial charge on any atom is 0.276 e. The van der Waals surface area contributed by atoms with E-state index >= 15 is 0 Å². The van der Waals surface area contributed by atoms with Crippen LogP contribution in [0.3, 0.4) is 0 Å². The molecule has 0 spiro atoms. The lowest BCUT2D eigenvalue weighted by Gasteiger charge is -2.13. The third-order valence-electron chi connectivity index (χ3n) is 4.82. The summed E-state index contributed by atoms with van der Waals surface area (Å²) in [6.07, 6.45) is 2.78. The summed E-state index contributed by atoms with van der Waals surface area (Å²) in [6.45, 7) is 3.74. The van der Waals surface area contributed by atoms with Crippen molar-refractivity contribution in [1.29, 1.82) is 0 Å². The van der Waals surface area contributed by atoms with Crippen LogP contribution in [0, 0.1) is 0 Å². The fraction of sp³-hybridized carbons (Fsp3) is 0.444. The number of carbonyl (C=O) groups is 1. The number of aromatic nitrogens is 1. The summed E-state index contributed by atoms with van der Waals surface area (Å²) in [5.41, 5.74) is 2.80. The highest BCUT2D eigenvalue weighted by atomic mass is 16.5. The molecule has 0 aliphatic carbocycles. The molecule has 1 fully saturated rings. The quantitative estimate of drug-likeness (QED) is 0.860. The van der Waals surface area contributed by atoms with Crippen LogP contribution in [0.25, 0.3) is 0 Å². The number of hydrogen-bond acceptors (Lipinski definition) is 5. The second-order valence-corrected chi connectivity index (χ2v) is 6.44. The van der Waals surface area contributed by atoms with Gasteiger partial charge >= 0.3 is 0 Å². The molecule has 1 amide bonds. The molecule has 0 saturated carbocycles. The monoisotopic (exact) mass is 327 g/mol. The van der Waals surface area contributed by atoms with Crippen molar-refractivity contribution in [3.05, 3.63) is 53.2 Å². The van der Waals surface area contributed by atoms with Gasteiger partial charge in [0.15, 0.2) is 5.69 Å². The van der Waals surface area contributed by atoms with Gasteiger partial charge in [0.05, 0.1) is 12.6 Å². The van der Waals surface area contributed by atoms with Crippen LogP contribution in [0.2, 0.25) is 0 Å². The third-order valence-corrected chi connectivity index (χ3v) is 4.82. The molecule has 3 heterocycles. The Hall–Kier alpha value is -2.18. The Morgan fingerprint density at radius 1 is 1.33 bits per heavy atom. The summed E-state index contributed by atoms with van der Waals surface area (Å²) in [5, 5.41) is 0. The van der Waals surface area contributed by atoms with Gasteiger partial charge in [0.25, 0.3) is 5.91 Å². The highest BCUT2D eigenvalue weighted by Gasteiger charge is 2.27. The summed E-state index contributed by atoms with van der Waals surface area (Å²) in [5.74, 6) is 0.518.